The fourth-order valence-corrected chi connectivity index (χ4v) is 3.66. The van der Waals surface area contributed by atoms with Crippen molar-refractivity contribution in [3.8, 4) is 5.75 Å². The van der Waals surface area contributed by atoms with Crippen molar-refractivity contribution in [3.63, 3.8) is 0 Å². The van der Waals surface area contributed by atoms with Gasteiger partial charge in [-0.25, -0.2) is 0 Å². The molecular weight excluding hydrogens is 347 g/mol. The molecule has 1 saturated carbocycles. The minimum Gasteiger partial charge on any atom is -0.490 e. The van der Waals surface area contributed by atoms with Gasteiger partial charge >= 0.3 is 0 Å². The molecule has 1 heterocycles. The van der Waals surface area contributed by atoms with Crippen LogP contribution in [0.3, 0.4) is 0 Å². The highest BCUT2D eigenvalue weighted by Gasteiger charge is 2.36. The molecule has 0 spiro atoms. The second-order valence-corrected chi connectivity index (χ2v) is 7.59. The van der Waals surface area contributed by atoms with Crippen LogP contribution < -0.4 is 10.5 Å². The van der Waals surface area contributed by atoms with Crippen LogP contribution in [0.5, 0.6) is 5.75 Å². The number of nitrogens with zero attached hydrogens (tertiary/aromatic N) is 1. The average molecular weight is 373 g/mol. The van der Waals surface area contributed by atoms with Crippen molar-refractivity contribution in [2.24, 2.45) is 11.1 Å². The zero-order chi connectivity index (χ0) is 16.4. The second kappa shape index (κ2) is 7.94. The zero-order valence-electron chi connectivity index (χ0n) is 14.1. The van der Waals surface area contributed by atoms with Gasteiger partial charge in [-0.1, -0.05) is 18.5 Å². The van der Waals surface area contributed by atoms with Gasteiger partial charge in [0, 0.05) is 18.1 Å². The summed E-state index contributed by atoms with van der Waals surface area (Å²) in [5, 5.41) is 0.563. The summed E-state index contributed by atoms with van der Waals surface area (Å²) in [5.41, 5.74) is 6.44. The zero-order valence-corrected chi connectivity index (χ0v) is 15.7. The molecule has 3 rings (SSSR count). The third-order valence-corrected chi connectivity index (χ3v) is 5.34. The fraction of sp³-hybridized carbons (Fsp3) is 0.611. The Morgan fingerprint density at radius 3 is 2.75 bits per heavy atom. The first-order chi connectivity index (χ1) is 11.0. The van der Waals surface area contributed by atoms with E-state index in [4.69, 9.17) is 22.1 Å². The molecule has 1 aromatic rings. The van der Waals surface area contributed by atoms with Crippen LogP contribution in [0.25, 0.3) is 0 Å². The maximum absolute atomic E-state index is 12.9. The standard InChI is InChI=1S/C18H25ClN2O2.ClH/c1-18(11-20)8-9-21(12-18)17(22)15-10-13(19)6-7-16(15)23-14-4-2-3-5-14;/h6-7,10,14H,2-5,8-9,11-12,20H2,1H3;1H. The molecular formula is C18H26Cl2N2O2. The number of ether oxygens (including phenoxy) is 1. The van der Waals surface area contributed by atoms with E-state index in [1.807, 2.05) is 11.0 Å². The van der Waals surface area contributed by atoms with Crippen LogP contribution in [-0.4, -0.2) is 36.5 Å². The van der Waals surface area contributed by atoms with Gasteiger partial charge in [0.1, 0.15) is 5.75 Å². The summed E-state index contributed by atoms with van der Waals surface area (Å²) in [6, 6.07) is 5.34. The first-order valence-electron chi connectivity index (χ1n) is 8.46. The molecule has 2 fully saturated rings. The Morgan fingerprint density at radius 2 is 2.12 bits per heavy atom. The van der Waals surface area contributed by atoms with E-state index in [-0.39, 0.29) is 29.8 Å². The smallest absolute Gasteiger partial charge is 0.257 e. The van der Waals surface area contributed by atoms with Crippen LogP contribution in [0.4, 0.5) is 0 Å². The van der Waals surface area contributed by atoms with E-state index < -0.39 is 0 Å². The Kier molecular flexibility index (Phi) is 6.40. The van der Waals surface area contributed by atoms with Crippen LogP contribution in [0, 0.1) is 5.41 Å². The molecule has 134 valence electrons. The third-order valence-electron chi connectivity index (χ3n) is 5.11. The highest BCUT2D eigenvalue weighted by molar-refractivity contribution is 6.31. The molecule has 2 aliphatic rings. The lowest BCUT2D eigenvalue weighted by atomic mass is 9.90. The minimum atomic E-state index is -0.00216. The van der Waals surface area contributed by atoms with Crippen LogP contribution in [-0.2, 0) is 0 Å². The van der Waals surface area contributed by atoms with Gasteiger partial charge in [-0.3, -0.25) is 4.79 Å². The predicted octanol–water partition coefficient (Wildman–Crippen LogP) is 3.89. The summed E-state index contributed by atoms with van der Waals surface area (Å²) < 4.78 is 6.09. The number of carbonyl (C=O) groups excluding carboxylic acids is 1. The minimum absolute atomic E-state index is 0. The summed E-state index contributed by atoms with van der Waals surface area (Å²) in [6.45, 7) is 4.16. The molecule has 0 bridgehead atoms. The molecule has 0 aromatic heterocycles. The second-order valence-electron chi connectivity index (χ2n) is 7.16. The fourth-order valence-electron chi connectivity index (χ4n) is 3.49. The summed E-state index contributed by atoms with van der Waals surface area (Å²) in [4.78, 5) is 14.8. The topological polar surface area (TPSA) is 55.6 Å². The highest BCUT2D eigenvalue weighted by atomic mass is 35.5. The average Bonchev–Trinajstić information content (AvgIpc) is 3.19. The number of hydrogen-bond acceptors (Lipinski definition) is 3. The Labute approximate surface area is 155 Å². The number of hydrogen-bond donors (Lipinski definition) is 1. The Morgan fingerprint density at radius 1 is 1.42 bits per heavy atom. The highest BCUT2D eigenvalue weighted by Crippen LogP contribution is 2.33. The molecule has 6 heteroatoms. The molecule has 1 saturated heterocycles. The molecule has 2 N–H and O–H groups in total. The summed E-state index contributed by atoms with van der Waals surface area (Å²) >= 11 is 6.12. The van der Waals surface area contributed by atoms with Crippen LogP contribution >= 0.6 is 24.0 Å². The van der Waals surface area contributed by atoms with Gasteiger partial charge in [0.15, 0.2) is 0 Å². The van der Waals surface area contributed by atoms with Gasteiger partial charge in [-0.15, -0.1) is 12.4 Å². The van der Waals surface area contributed by atoms with E-state index in [9.17, 15) is 4.79 Å². The normalized spacial score (nSPS) is 24.0. The molecule has 1 amide bonds. The summed E-state index contributed by atoms with van der Waals surface area (Å²) in [7, 11) is 0. The molecule has 4 nitrogen and oxygen atoms in total. The van der Waals surface area contributed by atoms with Crippen molar-refractivity contribution >= 4 is 29.9 Å². The van der Waals surface area contributed by atoms with E-state index >= 15 is 0 Å². The largest absolute Gasteiger partial charge is 0.490 e. The SMILES string of the molecule is CC1(CN)CCN(C(=O)c2cc(Cl)ccc2OC2CCCC2)C1.Cl. The van der Waals surface area contributed by atoms with Crippen molar-refractivity contribution < 1.29 is 9.53 Å². The monoisotopic (exact) mass is 372 g/mol. The maximum atomic E-state index is 12.9. The van der Waals surface area contributed by atoms with E-state index in [0.717, 1.165) is 25.8 Å². The number of likely N-dealkylation sites (tertiary alicyclic amines) is 1. The number of benzene rings is 1. The number of nitrogens with two attached hydrogens (primary N) is 1. The number of carbonyl (C=O) groups is 1. The van der Waals surface area contributed by atoms with E-state index in [1.165, 1.54) is 12.8 Å². The van der Waals surface area contributed by atoms with Crippen molar-refractivity contribution in [1.29, 1.82) is 0 Å². The Bertz CT molecular complexity index is 590. The molecule has 24 heavy (non-hydrogen) atoms. The first kappa shape index (κ1) is 19.4. The van der Waals surface area contributed by atoms with Gasteiger partial charge in [0.2, 0.25) is 0 Å². The predicted molar refractivity (Wildman–Crippen MR) is 99.3 cm³/mol. The summed E-state index contributed by atoms with van der Waals surface area (Å²) in [5.74, 6) is 0.658. The number of rotatable bonds is 4. The quantitative estimate of drug-likeness (QED) is 0.871. The van der Waals surface area contributed by atoms with Crippen molar-refractivity contribution in [2.45, 2.75) is 45.1 Å². The van der Waals surface area contributed by atoms with Crippen LogP contribution in [0.2, 0.25) is 5.02 Å². The Hall–Kier alpha value is -0.970. The van der Waals surface area contributed by atoms with Crippen LogP contribution in [0.1, 0.15) is 49.4 Å². The Balaban J connectivity index is 0.00000208. The third kappa shape index (κ3) is 4.16. The van der Waals surface area contributed by atoms with Crippen molar-refractivity contribution in [2.75, 3.05) is 19.6 Å². The van der Waals surface area contributed by atoms with Crippen molar-refractivity contribution in [1.82, 2.24) is 4.90 Å². The lowest BCUT2D eigenvalue weighted by Crippen LogP contribution is -2.34. The van der Waals surface area contributed by atoms with E-state index in [2.05, 4.69) is 6.92 Å². The molecule has 1 atom stereocenters. The number of halogens is 2. The van der Waals surface area contributed by atoms with Gasteiger partial charge < -0.3 is 15.4 Å². The van der Waals surface area contributed by atoms with E-state index in [1.54, 1.807) is 12.1 Å². The lowest BCUT2D eigenvalue weighted by Gasteiger charge is -2.24. The van der Waals surface area contributed by atoms with Gasteiger partial charge in [-0.2, -0.15) is 0 Å². The number of amides is 1. The molecule has 1 aromatic carbocycles. The van der Waals surface area contributed by atoms with Gasteiger partial charge in [0.25, 0.3) is 5.91 Å². The lowest BCUT2D eigenvalue weighted by molar-refractivity contribution is 0.0769. The maximum Gasteiger partial charge on any atom is 0.257 e. The van der Waals surface area contributed by atoms with Gasteiger partial charge in [0.05, 0.1) is 11.7 Å². The molecule has 1 aliphatic carbocycles. The van der Waals surface area contributed by atoms with Gasteiger partial charge in [-0.05, 0) is 62.3 Å². The molecule has 0 radical (unpaired) electrons. The molecule has 1 unspecified atom stereocenters. The van der Waals surface area contributed by atoms with Crippen molar-refractivity contribution in [3.05, 3.63) is 28.8 Å². The summed E-state index contributed by atoms with van der Waals surface area (Å²) in [6.07, 6.45) is 5.67. The van der Waals surface area contributed by atoms with E-state index in [0.29, 0.717) is 29.4 Å². The first-order valence-corrected chi connectivity index (χ1v) is 8.84. The molecule has 1 aliphatic heterocycles. The van der Waals surface area contributed by atoms with Crippen LogP contribution in [0.15, 0.2) is 18.2 Å².